The lowest BCUT2D eigenvalue weighted by atomic mass is 10.5. The van der Waals surface area contributed by atoms with Crippen molar-refractivity contribution in [3.63, 3.8) is 0 Å². The first-order chi connectivity index (χ1) is 8.19. The van der Waals surface area contributed by atoms with E-state index in [4.69, 9.17) is 10.2 Å². The monoisotopic (exact) mass is 289 g/mol. The van der Waals surface area contributed by atoms with E-state index >= 15 is 0 Å². The summed E-state index contributed by atoms with van der Waals surface area (Å²) in [6.07, 6.45) is 1.81. The Balaban J connectivity index is 2.05. The number of carboxylic acids is 1. The lowest BCUT2D eigenvalue weighted by molar-refractivity contribution is 0.0702. The van der Waals surface area contributed by atoms with Crippen LogP contribution in [0.1, 0.15) is 14.7 Å². The van der Waals surface area contributed by atoms with Crippen LogP contribution in [0.4, 0.5) is 0 Å². The van der Waals surface area contributed by atoms with Crippen molar-refractivity contribution in [1.82, 2.24) is 15.2 Å². The molecular weight excluding hydrogens is 282 g/mol. The molecule has 0 aliphatic rings. The third kappa shape index (κ3) is 3.22. The number of thiazole rings is 1. The normalized spacial score (nSPS) is 10.6. The van der Waals surface area contributed by atoms with E-state index in [0.29, 0.717) is 15.1 Å². The highest BCUT2D eigenvalue weighted by molar-refractivity contribution is 8.02. The first-order valence-corrected chi connectivity index (χ1v) is 6.94. The molecule has 6 nitrogen and oxygen atoms in total. The predicted octanol–water partition coefficient (Wildman–Crippen LogP) is 1.38. The third-order valence-electron chi connectivity index (χ3n) is 1.64. The van der Waals surface area contributed by atoms with E-state index in [2.05, 4.69) is 15.2 Å². The molecule has 0 saturated carbocycles. The Morgan fingerprint density at radius 1 is 1.35 bits per heavy atom. The second-order valence-corrected chi connectivity index (χ2v) is 6.42. The Morgan fingerprint density at radius 3 is 2.82 bits per heavy atom. The summed E-state index contributed by atoms with van der Waals surface area (Å²) < 4.78 is 1.31. The van der Waals surface area contributed by atoms with E-state index in [1.165, 1.54) is 29.3 Å². The van der Waals surface area contributed by atoms with Gasteiger partial charge in [-0.25, -0.2) is 9.78 Å². The molecule has 0 aliphatic heterocycles. The molecular formula is C8H7N3O3S3. The van der Waals surface area contributed by atoms with Gasteiger partial charge in [0.25, 0.3) is 0 Å². The zero-order chi connectivity index (χ0) is 12.3. The molecule has 0 aliphatic carbocycles. The van der Waals surface area contributed by atoms with E-state index in [0.717, 1.165) is 16.3 Å². The summed E-state index contributed by atoms with van der Waals surface area (Å²) in [7, 11) is 0. The van der Waals surface area contributed by atoms with E-state index in [-0.39, 0.29) is 11.5 Å². The molecule has 9 heteroatoms. The predicted molar refractivity (Wildman–Crippen MR) is 63.9 cm³/mol. The van der Waals surface area contributed by atoms with Gasteiger partial charge in [-0.3, -0.25) is 0 Å². The van der Waals surface area contributed by atoms with Crippen molar-refractivity contribution >= 4 is 40.4 Å². The molecule has 0 radical (unpaired) electrons. The summed E-state index contributed by atoms with van der Waals surface area (Å²) in [5.41, 5.74) is 0. The molecule has 0 bridgehead atoms. The van der Waals surface area contributed by atoms with Crippen molar-refractivity contribution in [3.8, 4) is 0 Å². The van der Waals surface area contributed by atoms with E-state index in [1.807, 2.05) is 0 Å². The van der Waals surface area contributed by atoms with Gasteiger partial charge in [0, 0.05) is 13.0 Å². The van der Waals surface area contributed by atoms with Gasteiger partial charge in [0.1, 0.15) is 9.88 Å². The summed E-state index contributed by atoms with van der Waals surface area (Å²) in [5.74, 6) is -0.979. The Kier molecular flexibility index (Phi) is 4.05. The van der Waals surface area contributed by atoms with Crippen molar-refractivity contribution in [1.29, 1.82) is 0 Å². The zero-order valence-electron chi connectivity index (χ0n) is 8.36. The highest BCUT2D eigenvalue weighted by atomic mass is 32.2. The average Bonchev–Trinajstić information content (AvgIpc) is 2.89. The number of aliphatic hydroxyl groups is 1. The quantitative estimate of drug-likeness (QED) is 0.858. The summed E-state index contributed by atoms with van der Waals surface area (Å²) >= 11 is 3.75. The van der Waals surface area contributed by atoms with Gasteiger partial charge >= 0.3 is 5.97 Å². The number of hydrogen-bond acceptors (Lipinski definition) is 8. The van der Waals surface area contributed by atoms with Gasteiger partial charge in [-0.05, 0) is 11.8 Å². The molecule has 2 heterocycles. The number of rotatable bonds is 5. The van der Waals surface area contributed by atoms with E-state index in [9.17, 15) is 4.79 Å². The molecule has 2 N–H and O–H groups in total. The van der Waals surface area contributed by atoms with Crippen LogP contribution in [0.2, 0.25) is 0 Å². The molecule has 2 aromatic heterocycles. The third-order valence-corrected chi connectivity index (χ3v) is 4.74. The maximum absolute atomic E-state index is 10.7. The first-order valence-electron chi connectivity index (χ1n) is 4.49. The van der Waals surface area contributed by atoms with Crippen molar-refractivity contribution in [2.24, 2.45) is 0 Å². The second kappa shape index (κ2) is 5.54. The fourth-order valence-corrected chi connectivity index (χ4v) is 3.86. The number of hydrogen-bond donors (Lipinski definition) is 2. The van der Waals surface area contributed by atoms with Gasteiger partial charge in [-0.15, -0.1) is 21.5 Å². The molecule has 2 rings (SSSR count). The number of aromatic carboxylic acids is 1. The molecule has 0 unspecified atom stereocenters. The number of carbonyl (C=O) groups is 1. The Labute approximate surface area is 108 Å². The molecule has 90 valence electrons. The SMILES string of the molecule is O=C(O)c1cnc(Sc2nnc(CCO)s2)s1. The smallest absolute Gasteiger partial charge is 0.347 e. The number of aliphatic hydroxyl groups excluding tert-OH is 1. The fraction of sp³-hybridized carbons (Fsp3) is 0.250. The lowest BCUT2D eigenvalue weighted by Crippen LogP contribution is -1.89. The van der Waals surface area contributed by atoms with E-state index < -0.39 is 5.97 Å². The Morgan fingerprint density at radius 2 is 2.18 bits per heavy atom. The van der Waals surface area contributed by atoms with E-state index in [1.54, 1.807) is 0 Å². The second-order valence-electron chi connectivity index (χ2n) is 2.83. The van der Waals surface area contributed by atoms with Crippen LogP contribution >= 0.6 is 34.4 Å². The van der Waals surface area contributed by atoms with Crippen molar-refractivity contribution in [2.45, 2.75) is 15.1 Å². The first kappa shape index (κ1) is 12.4. The van der Waals surface area contributed by atoms with Crippen LogP contribution in [-0.4, -0.2) is 38.0 Å². The zero-order valence-corrected chi connectivity index (χ0v) is 10.8. The minimum absolute atomic E-state index is 0.0414. The lowest BCUT2D eigenvalue weighted by Gasteiger charge is -1.87. The minimum Gasteiger partial charge on any atom is -0.477 e. The molecule has 0 fully saturated rings. The van der Waals surface area contributed by atoms with Crippen molar-refractivity contribution < 1.29 is 15.0 Å². The van der Waals surface area contributed by atoms with Gasteiger partial charge in [0.15, 0.2) is 8.68 Å². The minimum atomic E-state index is -0.979. The summed E-state index contributed by atoms with van der Waals surface area (Å²) in [4.78, 5) is 14.8. The van der Waals surface area contributed by atoms with Gasteiger partial charge in [-0.2, -0.15) is 0 Å². The van der Waals surface area contributed by atoms with Crippen LogP contribution in [0.5, 0.6) is 0 Å². The maximum Gasteiger partial charge on any atom is 0.347 e. The van der Waals surface area contributed by atoms with Crippen LogP contribution in [0.15, 0.2) is 14.9 Å². The van der Waals surface area contributed by atoms with Gasteiger partial charge in [0.05, 0.1) is 6.20 Å². The van der Waals surface area contributed by atoms with Crippen molar-refractivity contribution in [2.75, 3.05) is 6.61 Å². The van der Waals surface area contributed by atoms with Crippen LogP contribution in [0.3, 0.4) is 0 Å². The molecule has 0 atom stereocenters. The molecule has 0 aromatic carbocycles. The highest BCUT2D eigenvalue weighted by Gasteiger charge is 2.12. The van der Waals surface area contributed by atoms with Crippen LogP contribution in [0.25, 0.3) is 0 Å². The number of nitrogens with zero attached hydrogens (tertiary/aromatic N) is 3. The summed E-state index contributed by atoms with van der Waals surface area (Å²) in [6, 6.07) is 0. The molecule has 17 heavy (non-hydrogen) atoms. The Bertz CT molecular complexity index is 525. The van der Waals surface area contributed by atoms with Crippen LogP contribution in [-0.2, 0) is 6.42 Å². The highest BCUT2D eigenvalue weighted by Crippen LogP contribution is 2.32. The number of aromatic nitrogens is 3. The molecule has 0 saturated heterocycles. The summed E-state index contributed by atoms with van der Waals surface area (Å²) in [5, 5.41) is 26.1. The van der Waals surface area contributed by atoms with Gasteiger partial charge in [-0.1, -0.05) is 11.3 Å². The standard InChI is InChI=1S/C8H7N3O3S3/c12-2-1-5-10-11-8(16-5)17-7-9-3-4(15-7)6(13)14/h3,12H,1-2H2,(H,13,14). The largest absolute Gasteiger partial charge is 0.477 e. The number of carboxylic acid groups (broad SMARTS) is 1. The Hall–Kier alpha value is -1.03. The maximum atomic E-state index is 10.7. The average molecular weight is 289 g/mol. The summed E-state index contributed by atoms with van der Waals surface area (Å²) in [6.45, 7) is 0.0414. The molecule has 0 amide bonds. The fourth-order valence-electron chi connectivity index (χ4n) is 0.955. The topological polar surface area (TPSA) is 96.2 Å². The van der Waals surface area contributed by atoms with Gasteiger partial charge < -0.3 is 10.2 Å². The van der Waals surface area contributed by atoms with Crippen LogP contribution in [0, 0.1) is 0 Å². The van der Waals surface area contributed by atoms with Gasteiger partial charge in [0.2, 0.25) is 0 Å². The van der Waals surface area contributed by atoms with Crippen LogP contribution < -0.4 is 0 Å². The molecule has 0 spiro atoms. The van der Waals surface area contributed by atoms with Crippen molar-refractivity contribution in [3.05, 3.63) is 16.1 Å². The molecule has 2 aromatic rings.